The van der Waals surface area contributed by atoms with E-state index in [0.29, 0.717) is 5.92 Å². The second kappa shape index (κ2) is 6.01. The standard InChI is InChI=1S/C13H18BrNOS/c1-2-11-5-8-17-12(11)13(16)15-7-4-10(9-15)3-6-14/h5,8,10H,2-4,6-7,9H2,1H3. The van der Waals surface area contributed by atoms with Gasteiger partial charge >= 0.3 is 0 Å². The molecule has 1 saturated heterocycles. The van der Waals surface area contributed by atoms with Crippen LogP contribution < -0.4 is 0 Å². The molecule has 94 valence electrons. The number of carbonyl (C=O) groups excluding carboxylic acids is 1. The highest BCUT2D eigenvalue weighted by molar-refractivity contribution is 9.09. The zero-order valence-electron chi connectivity index (χ0n) is 10.1. The Balaban J connectivity index is 2.02. The Morgan fingerprint density at radius 3 is 3.18 bits per heavy atom. The molecule has 2 heterocycles. The summed E-state index contributed by atoms with van der Waals surface area (Å²) in [5.41, 5.74) is 1.20. The van der Waals surface area contributed by atoms with E-state index in [0.717, 1.165) is 36.1 Å². The van der Waals surface area contributed by atoms with Crippen molar-refractivity contribution in [3.8, 4) is 0 Å². The smallest absolute Gasteiger partial charge is 0.264 e. The number of nitrogens with zero attached hydrogens (tertiary/aromatic N) is 1. The van der Waals surface area contributed by atoms with Crippen LogP contribution in [0.4, 0.5) is 0 Å². The molecule has 2 rings (SSSR count). The molecular weight excluding hydrogens is 298 g/mol. The first kappa shape index (κ1) is 13.1. The summed E-state index contributed by atoms with van der Waals surface area (Å²) in [6.07, 6.45) is 3.28. The summed E-state index contributed by atoms with van der Waals surface area (Å²) in [7, 11) is 0. The maximum atomic E-state index is 12.4. The fraction of sp³-hybridized carbons (Fsp3) is 0.615. The van der Waals surface area contributed by atoms with E-state index in [1.54, 1.807) is 11.3 Å². The molecule has 1 aromatic rings. The molecular formula is C13H18BrNOS. The molecule has 0 aromatic carbocycles. The zero-order valence-corrected chi connectivity index (χ0v) is 12.5. The minimum absolute atomic E-state index is 0.244. The van der Waals surface area contributed by atoms with Gasteiger partial charge in [0.2, 0.25) is 0 Å². The lowest BCUT2D eigenvalue weighted by Gasteiger charge is -2.16. The van der Waals surface area contributed by atoms with E-state index in [4.69, 9.17) is 0 Å². The van der Waals surface area contributed by atoms with Gasteiger partial charge in [-0.2, -0.15) is 0 Å². The molecule has 2 nitrogen and oxygen atoms in total. The lowest BCUT2D eigenvalue weighted by atomic mass is 10.1. The van der Waals surface area contributed by atoms with E-state index in [1.165, 1.54) is 12.0 Å². The van der Waals surface area contributed by atoms with Gasteiger partial charge in [-0.25, -0.2) is 0 Å². The van der Waals surface area contributed by atoms with Gasteiger partial charge in [0.1, 0.15) is 0 Å². The van der Waals surface area contributed by atoms with Crippen molar-refractivity contribution in [2.24, 2.45) is 5.92 Å². The van der Waals surface area contributed by atoms with E-state index in [2.05, 4.69) is 28.9 Å². The molecule has 1 unspecified atom stereocenters. The van der Waals surface area contributed by atoms with Crippen LogP contribution in [0.25, 0.3) is 0 Å². The van der Waals surface area contributed by atoms with Crippen molar-refractivity contribution in [3.05, 3.63) is 21.9 Å². The number of thiophene rings is 1. The normalized spacial score (nSPS) is 19.9. The molecule has 1 fully saturated rings. The molecule has 1 aliphatic rings. The maximum absolute atomic E-state index is 12.4. The van der Waals surface area contributed by atoms with Crippen LogP contribution in [0.2, 0.25) is 0 Å². The monoisotopic (exact) mass is 315 g/mol. The number of hydrogen-bond acceptors (Lipinski definition) is 2. The molecule has 0 aliphatic carbocycles. The van der Waals surface area contributed by atoms with Crippen LogP contribution >= 0.6 is 27.3 Å². The number of rotatable bonds is 4. The Kier molecular flexibility index (Phi) is 4.62. The summed E-state index contributed by atoms with van der Waals surface area (Å²) >= 11 is 5.06. The minimum atomic E-state index is 0.244. The summed E-state index contributed by atoms with van der Waals surface area (Å²) in [5.74, 6) is 0.928. The topological polar surface area (TPSA) is 20.3 Å². The molecule has 17 heavy (non-hydrogen) atoms. The van der Waals surface area contributed by atoms with Gasteiger partial charge < -0.3 is 4.90 Å². The van der Waals surface area contributed by atoms with Gasteiger partial charge in [0.25, 0.3) is 5.91 Å². The van der Waals surface area contributed by atoms with Gasteiger partial charge in [0.05, 0.1) is 4.88 Å². The molecule has 1 aromatic heterocycles. The van der Waals surface area contributed by atoms with Crippen molar-refractivity contribution in [1.82, 2.24) is 4.90 Å². The quantitative estimate of drug-likeness (QED) is 0.778. The molecule has 0 radical (unpaired) electrons. The minimum Gasteiger partial charge on any atom is -0.338 e. The second-order valence-electron chi connectivity index (χ2n) is 4.51. The van der Waals surface area contributed by atoms with E-state index in [-0.39, 0.29) is 5.91 Å². The summed E-state index contributed by atoms with van der Waals surface area (Å²) in [6.45, 7) is 3.97. The maximum Gasteiger partial charge on any atom is 0.264 e. The van der Waals surface area contributed by atoms with Gasteiger partial charge in [-0.05, 0) is 42.2 Å². The van der Waals surface area contributed by atoms with Gasteiger partial charge in [-0.1, -0.05) is 22.9 Å². The summed E-state index contributed by atoms with van der Waals surface area (Å²) < 4.78 is 0. The zero-order chi connectivity index (χ0) is 12.3. The molecule has 1 atom stereocenters. The Bertz CT molecular complexity index is 391. The highest BCUT2D eigenvalue weighted by Crippen LogP contribution is 2.25. The van der Waals surface area contributed by atoms with E-state index >= 15 is 0 Å². The number of amides is 1. The largest absolute Gasteiger partial charge is 0.338 e. The molecule has 1 aliphatic heterocycles. The van der Waals surface area contributed by atoms with Gasteiger partial charge in [0.15, 0.2) is 0 Å². The SMILES string of the molecule is CCc1ccsc1C(=O)N1CCC(CCBr)C1. The van der Waals surface area contributed by atoms with E-state index < -0.39 is 0 Å². The molecule has 4 heteroatoms. The van der Waals surface area contributed by atoms with Gasteiger partial charge in [0, 0.05) is 18.4 Å². The Morgan fingerprint density at radius 1 is 1.65 bits per heavy atom. The number of aryl methyl sites for hydroxylation is 1. The number of halogens is 1. The number of likely N-dealkylation sites (tertiary alicyclic amines) is 1. The predicted octanol–water partition coefficient (Wildman–Crippen LogP) is 3.56. The molecule has 0 N–H and O–H groups in total. The number of carbonyl (C=O) groups is 1. The Morgan fingerprint density at radius 2 is 2.47 bits per heavy atom. The average molecular weight is 316 g/mol. The third-order valence-corrected chi connectivity index (χ3v) is 4.81. The van der Waals surface area contributed by atoms with Gasteiger partial charge in [-0.15, -0.1) is 11.3 Å². The van der Waals surface area contributed by atoms with Crippen molar-refractivity contribution in [3.63, 3.8) is 0 Å². The van der Waals surface area contributed by atoms with E-state index in [9.17, 15) is 4.79 Å². The van der Waals surface area contributed by atoms with Crippen LogP contribution in [-0.2, 0) is 6.42 Å². The van der Waals surface area contributed by atoms with Crippen molar-refractivity contribution in [1.29, 1.82) is 0 Å². The Labute approximate surface area is 115 Å². The highest BCUT2D eigenvalue weighted by atomic mass is 79.9. The predicted molar refractivity (Wildman–Crippen MR) is 76.1 cm³/mol. The molecule has 1 amide bonds. The third-order valence-electron chi connectivity index (χ3n) is 3.41. The molecule has 0 saturated carbocycles. The van der Waals surface area contributed by atoms with Crippen molar-refractivity contribution in [2.75, 3.05) is 18.4 Å². The lowest BCUT2D eigenvalue weighted by molar-refractivity contribution is 0.0791. The third kappa shape index (κ3) is 2.91. The Hall–Kier alpha value is -0.350. The van der Waals surface area contributed by atoms with Crippen molar-refractivity contribution in [2.45, 2.75) is 26.2 Å². The van der Waals surface area contributed by atoms with Crippen molar-refractivity contribution >= 4 is 33.2 Å². The molecule has 0 bridgehead atoms. The average Bonchev–Trinajstić information content (AvgIpc) is 2.96. The second-order valence-corrected chi connectivity index (χ2v) is 6.22. The fourth-order valence-electron chi connectivity index (χ4n) is 2.35. The molecule has 0 spiro atoms. The van der Waals surface area contributed by atoms with Crippen LogP contribution in [0.5, 0.6) is 0 Å². The lowest BCUT2D eigenvalue weighted by Crippen LogP contribution is -2.28. The highest BCUT2D eigenvalue weighted by Gasteiger charge is 2.27. The van der Waals surface area contributed by atoms with E-state index in [1.807, 2.05) is 10.3 Å². The summed E-state index contributed by atoms with van der Waals surface area (Å²) in [4.78, 5) is 15.3. The van der Waals surface area contributed by atoms with Crippen LogP contribution in [0.15, 0.2) is 11.4 Å². The first-order valence-electron chi connectivity index (χ1n) is 6.17. The van der Waals surface area contributed by atoms with Crippen molar-refractivity contribution < 1.29 is 4.79 Å². The van der Waals surface area contributed by atoms with Crippen LogP contribution in [-0.4, -0.2) is 29.2 Å². The van der Waals surface area contributed by atoms with Crippen LogP contribution in [0.1, 0.15) is 35.0 Å². The van der Waals surface area contributed by atoms with Gasteiger partial charge in [-0.3, -0.25) is 4.79 Å². The fourth-order valence-corrected chi connectivity index (χ4v) is 3.96. The first-order valence-corrected chi connectivity index (χ1v) is 8.18. The summed E-state index contributed by atoms with van der Waals surface area (Å²) in [5, 5.41) is 3.07. The summed E-state index contributed by atoms with van der Waals surface area (Å²) in [6, 6.07) is 2.07. The number of alkyl halides is 1. The van der Waals surface area contributed by atoms with Crippen LogP contribution in [0, 0.1) is 5.92 Å². The number of hydrogen-bond donors (Lipinski definition) is 0. The first-order chi connectivity index (χ1) is 8.26. The van der Waals surface area contributed by atoms with Crippen LogP contribution in [0.3, 0.4) is 0 Å².